The first kappa shape index (κ1) is 15.9. The fraction of sp³-hybridized carbons (Fsp3) is 1.00. The smallest absolute Gasteiger partial charge is 0.0766 e. The number of rotatable bonds is 10. The summed E-state index contributed by atoms with van der Waals surface area (Å²) in [7, 11) is 0. The van der Waals surface area contributed by atoms with Crippen molar-refractivity contribution in [1.29, 1.82) is 0 Å². The van der Waals surface area contributed by atoms with Crippen LogP contribution in [0.2, 0.25) is 0 Å². The van der Waals surface area contributed by atoms with Crippen LogP contribution in [-0.4, -0.2) is 37.0 Å². The third-order valence-electron chi connectivity index (χ3n) is 2.86. The largest absolute Gasteiger partial charge is 0.389 e. The molecule has 0 spiro atoms. The van der Waals surface area contributed by atoms with Crippen LogP contribution in [0.25, 0.3) is 0 Å². The van der Waals surface area contributed by atoms with E-state index >= 15 is 0 Å². The Hall–Kier alpha value is -0.120. The molecule has 0 aliphatic rings. The average Bonchev–Trinajstić information content (AvgIpc) is 2.27. The summed E-state index contributed by atoms with van der Waals surface area (Å²) in [5.74, 6) is 0.609. The molecule has 2 N–H and O–H groups in total. The molecule has 0 radical (unpaired) electrons. The summed E-state index contributed by atoms with van der Waals surface area (Å²) in [5, 5.41) is 13.3. The Kier molecular flexibility index (Phi) is 8.90. The van der Waals surface area contributed by atoms with E-state index in [0.717, 1.165) is 39.0 Å². The minimum atomic E-state index is -0.529. The minimum Gasteiger partial charge on any atom is -0.389 e. The molecular formula is C13H29NO2. The quantitative estimate of drug-likeness (QED) is 0.566. The Morgan fingerprint density at radius 3 is 2.38 bits per heavy atom. The van der Waals surface area contributed by atoms with E-state index in [-0.39, 0.29) is 0 Å². The van der Waals surface area contributed by atoms with Crippen molar-refractivity contribution >= 4 is 0 Å². The molecule has 98 valence electrons. The fourth-order valence-corrected chi connectivity index (χ4v) is 1.44. The molecule has 0 aliphatic carbocycles. The highest BCUT2D eigenvalue weighted by Crippen LogP contribution is 2.12. The molecule has 0 heterocycles. The molecule has 0 bridgehead atoms. The first-order valence-electron chi connectivity index (χ1n) is 6.55. The van der Waals surface area contributed by atoms with Crippen LogP contribution in [-0.2, 0) is 4.74 Å². The van der Waals surface area contributed by atoms with E-state index in [4.69, 9.17) is 4.74 Å². The van der Waals surface area contributed by atoms with Gasteiger partial charge in [-0.25, -0.2) is 0 Å². The summed E-state index contributed by atoms with van der Waals surface area (Å²) in [6, 6.07) is 0. The van der Waals surface area contributed by atoms with Crippen molar-refractivity contribution in [2.24, 2.45) is 5.92 Å². The van der Waals surface area contributed by atoms with Crippen molar-refractivity contribution in [3.63, 3.8) is 0 Å². The van der Waals surface area contributed by atoms with Crippen LogP contribution in [0.5, 0.6) is 0 Å². The zero-order valence-electron chi connectivity index (χ0n) is 11.4. The third-order valence-corrected chi connectivity index (χ3v) is 2.86. The molecular weight excluding hydrogens is 202 g/mol. The molecule has 0 unspecified atom stereocenters. The van der Waals surface area contributed by atoms with Crippen LogP contribution < -0.4 is 5.32 Å². The first-order chi connectivity index (χ1) is 7.54. The van der Waals surface area contributed by atoms with Crippen LogP contribution in [0, 0.1) is 5.92 Å². The summed E-state index contributed by atoms with van der Waals surface area (Å²) in [4.78, 5) is 0. The van der Waals surface area contributed by atoms with Gasteiger partial charge in [0.2, 0.25) is 0 Å². The summed E-state index contributed by atoms with van der Waals surface area (Å²) < 4.78 is 5.48. The van der Waals surface area contributed by atoms with Crippen molar-refractivity contribution in [3.05, 3.63) is 0 Å². The molecule has 0 aromatic rings. The lowest BCUT2D eigenvalue weighted by molar-refractivity contribution is 0.0317. The van der Waals surface area contributed by atoms with Gasteiger partial charge in [0.25, 0.3) is 0 Å². The highest BCUT2D eigenvalue weighted by atomic mass is 16.5. The highest BCUT2D eigenvalue weighted by Gasteiger charge is 2.20. The molecule has 0 aromatic carbocycles. The Balaban J connectivity index is 3.33. The Bertz CT molecular complexity index is 156. The normalized spacial score (nSPS) is 12.4. The van der Waals surface area contributed by atoms with Crippen molar-refractivity contribution in [2.75, 3.05) is 26.3 Å². The van der Waals surface area contributed by atoms with Gasteiger partial charge < -0.3 is 15.2 Å². The van der Waals surface area contributed by atoms with Crippen molar-refractivity contribution < 1.29 is 9.84 Å². The highest BCUT2D eigenvalue weighted by molar-refractivity contribution is 4.77. The third kappa shape index (κ3) is 8.08. The number of ether oxygens (including phenoxy) is 1. The van der Waals surface area contributed by atoms with Crippen LogP contribution in [0.1, 0.15) is 47.0 Å². The summed E-state index contributed by atoms with van der Waals surface area (Å²) in [5.41, 5.74) is -0.529. The number of nitrogens with one attached hydrogen (secondary N) is 1. The predicted octanol–water partition coefficient (Wildman–Crippen LogP) is 2.19. The van der Waals surface area contributed by atoms with Crippen molar-refractivity contribution in [1.82, 2.24) is 5.32 Å². The molecule has 3 heteroatoms. The Morgan fingerprint density at radius 1 is 1.25 bits per heavy atom. The molecule has 0 aromatic heterocycles. The van der Waals surface area contributed by atoms with Gasteiger partial charge in [-0.15, -0.1) is 0 Å². The van der Waals surface area contributed by atoms with Gasteiger partial charge >= 0.3 is 0 Å². The Morgan fingerprint density at radius 2 is 1.88 bits per heavy atom. The minimum absolute atomic E-state index is 0.529. The predicted molar refractivity (Wildman–Crippen MR) is 68.7 cm³/mol. The molecule has 0 atom stereocenters. The SMILES string of the molecule is CCC(O)(CC)CNCCCOCC(C)C. The van der Waals surface area contributed by atoms with Crippen molar-refractivity contribution in [2.45, 2.75) is 52.6 Å². The van der Waals surface area contributed by atoms with E-state index in [1.165, 1.54) is 0 Å². The first-order valence-corrected chi connectivity index (χ1v) is 6.55. The van der Waals surface area contributed by atoms with Crippen LogP contribution >= 0.6 is 0 Å². The maximum absolute atomic E-state index is 10.0. The van der Waals surface area contributed by atoms with E-state index in [2.05, 4.69) is 19.2 Å². The van der Waals surface area contributed by atoms with Crippen LogP contribution in [0.15, 0.2) is 0 Å². The molecule has 3 nitrogen and oxygen atoms in total. The fourth-order valence-electron chi connectivity index (χ4n) is 1.44. The van der Waals surface area contributed by atoms with Gasteiger partial charge in [-0.05, 0) is 31.7 Å². The molecule has 0 rings (SSSR count). The van der Waals surface area contributed by atoms with Gasteiger partial charge in [0.05, 0.1) is 5.60 Å². The van der Waals surface area contributed by atoms with Gasteiger partial charge in [-0.1, -0.05) is 27.7 Å². The maximum atomic E-state index is 10.0. The second-order valence-corrected chi connectivity index (χ2v) is 4.93. The van der Waals surface area contributed by atoms with Gasteiger partial charge in [0, 0.05) is 19.8 Å². The summed E-state index contributed by atoms with van der Waals surface area (Å²) in [6.07, 6.45) is 2.62. The molecule has 0 saturated heterocycles. The van der Waals surface area contributed by atoms with Crippen LogP contribution in [0.4, 0.5) is 0 Å². The summed E-state index contributed by atoms with van der Waals surface area (Å²) >= 11 is 0. The lowest BCUT2D eigenvalue weighted by atomic mass is 9.98. The monoisotopic (exact) mass is 231 g/mol. The molecule has 0 aliphatic heterocycles. The average molecular weight is 231 g/mol. The number of aliphatic hydroxyl groups is 1. The van der Waals surface area contributed by atoms with Gasteiger partial charge in [0.15, 0.2) is 0 Å². The molecule has 0 amide bonds. The van der Waals surface area contributed by atoms with Gasteiger partial charge in [-0.2, -0.15) is 0 Å². The summed E-state index contributed by atoms with van der Waals surface area (Å²) in [6.45, 7) is 11.6. The topological polar surface area (TPSA) is 41.5 Å². The second-order valence-electron chi connectivity index (χ2n) is 4.93. The number of hydrogen-bond donors (Lipinski definition) is 2. The van der Waals surface area contributed by atoms with E-state index in [1.807, 2.05) is 13.8 Å². The number of hydrogen-bond acceptors (Lipinski definition) is 3. The van der Waals surface area contributed by atoms with Crippen molar-refractivity contribution in [3.8, 4) is 0 Å². The standard InChI is InChI=1S/C13H29NO2/c1-5-13(15,6-2)11-14-8-7-9-16-10-12(3)4/h12,14-15H,5-11H2,1-4H3. The zero-order chi connectivity index (χ0) is 12.4. The van der Waals surface area contributed by atoms with E-state index in [0.29, 0.717) is 12.5 Å². The maximum Gasteiger partial charge on any atom is 0.0766 e. The lowest BCUT2D eigenvalue weighted by Crippen LogP contribution is -2.40. The second kappa shape index (κ2) is 8.97. The molecule has 0 fully saturated rings. The molecule has 0 saturated carbocycles. The van der Waals surface area contributed by atoms with E-state index < -0.39 is 5.60 Å². The van der Waals surface area contributed by atoms with Gasteiger partial charge in [-0.3, -0.25) is 0 Å². The van der Waals surface area contributed by atoms with E-state index in [9.17, 15) is 5.11 Å². The zero-order valence-corrected chi connectivity index (χ0v) is 11.4. The molecule has 16 heavy (non-hydrogen) atoms. The van der Waals surface area contributed by atoms with E-state index in [1.54, 1.807) is 0 Å². The Labute approximate surface area is 101 Å². The lowest BCUT2D eigenvalue weighted by Gasteiger charge is -2.25. The van der Waals surface area contributed by atoms with Gasteiger partial charge in [0.1, 0.15) is 0 Å². The van der Waals surface area contributed by atoms with Crippen LogP contribution in [0.3, 0.4) is 0 Å².